The lowest BCUT2D eigenvalue weighted by Crippen LogP contribution is -2.19. The van der Waals surface area contributed by atoms with E-state index < -0.39 is 29.7 Å². The van der Waals surface area contributed by atoms with Crippen molar-refractivity contribution in [3.63, 3.8) is 0 Å². The van der Waals surface area contributed by atoms with E-state index in [4.69, 9.17) is 37.9 Å². The van der Waals surface area contributed by atoms with E-state index in [1.165, 1.54) is 0 Å². The molecule has 0 radical (unpaired) electrons. The van der Waals surface area contributed by atoms with Gasteiger partial charge in [-0.1, -0.05) is 51.3 Å². The van der Waals surface area contributed by atoms with Crippen LogP contribution in [0.5, 0.6) is 11.5 Å². The van der Waals surface area contributed by atoms with Crippen molar-refractivity contribution in [2.45, 2.75) is 33.1 Å². The first-order chi connectivity index (χ1) is 21.4. The van der Waals surface area contributed by atoms with Gasteiger partial charge in [-0.05, 0) is 49.2 Å². The topological polar surface area (TPSA) is 142 Å². The number of esters is 2. The number of ether oxygens (including phenoxy) is 8. The Bertz CT molecular complexity index is 1200. The van der Waals surface area contributed by atoms with Crippen LogP contribution < -0.4 is 9.47 Å². The molecule has 0 aliphatic carbocycles. The molecular formula is C33H40O12. The molecule has 244 valence electrons. The summed E-state index contributed by atoms with van der Waals surface area (Å²) in [5, 5.41) is 0. The second kappa shape index (κ2) is 18.9. The van der Waals surface area contributed by atoms with Crippen LogP contribution in [0.1, 0.15) is 38.8 Å². The fourth-order valence-electron chi connectivity index (χ4n) is 3.50. The molecule has 0 aliphatic heterocycles. The van der Waals surface area contributed by atoms with E-state index in [0.717, 1.165) is 11.1 Å². The second-order valence-corrected chi connectivity index (χ2v) is 10.1. The van der Waals surface area contributed by atoms with Crippen LogP contribution in [-0.2, 0) is 43.4 Å². The predicted octanol–water partition coefficient (Wildman–Crippen LogP) is 5.32. The van der Waals surface area contributed by atoms with E-state index in [1.807, 2.05) is 38.1 Å². The summed E-state index contributed by atoms with van der Waals surface area (Å²) >= 11 is 0. The number of carbonyl (C=O) groups is 4. The molecule has 45 heavy (non-hydrogen) atoms. The van der Waals surface area contributed by atoms with Crippen LogP contribution in [0.3, 0.4) is 0 Å². The Hall–Kier alpha value is -4.68. The van der Waals surface area contributed by atoms with Crippen LogP contribution in [0, 0.1) is 0 Å². The summed E-state index contributed by atoms with van der Waals surface area (Å²) in [6.07, 6.45) is -1.75. The van der Waals surface area contributed by atoms with Gasteiger partial charge in [-0.3, -0.25) is 0 Å². The number of hydrogen-bond donors (Lipinski definition) is 0. The van der Waals surface area contributed by atoms with E-state index in [1.54, 1.807) is 38.1 Å². The number of benzene rings is 2. The highest BCUT2D eigenvalue weighted by atomic mass is 16.7. The van der Waals surface area contributed by atoms with Crippen LogP contribution >= 0.6 is 0 Å². The fourth-order valence-corrected chi connectivity index (χ4v) is 3.50. The van der Waals surface area contributed by atoms with E-state index in [-0.39, 0.29) is 52.9 Å². The quantitative estimate of drug-likeness (QED) is 0.0694. The minimum absolute atomic E-state index is 0.0272. The van der Waals surface area contributed by atoms with Gasteiger partial charge in [0.05, 0.1) is 26.4 Å². The van der Waals surface area contributed by atoms with Gasteiger partial charge >= 0.3 is 24.2 Å². The second-order valence-electron chi connectivity index (χ2n) is 10.1. The first-order valence-electron chi connectivity index (χ1n) is 14.1. The molecule has 0 saturated carbocycles. The first kappa shape index (κ1) is 36.5. The highest BCUT2D eigenvalue weighted by molar-refractivity contribution is 5.87. The van der Waals surface area contributed by atoms with E-state index >= 15 is 0 Å². The Labute approximate surface area is 262 Å². The molecule has 0 unspecified atom stereocenters. The molecule has 12 heteroatoms. The predicted molar refractivity (Wildman–Crippen MR) is 162 cm³/mol. The highest BCUT2D eigenvalue weighted by Crippen LogP contribution is 2.33. The lowest BCUT2D eigenvalue weighted by molar-refractivity contribution is -0.141. The maximum atomic E-state index is 12.0. The number of rotatable bonds is 18. The Morgan fingerprint density at radius 1 is 0.533 bits per heavy atom. The van der Waals surface area contributed by atoms with Crippen molar-refractivity contribution in [3.05, 3.63) is 84.0 Å². The monoisotopic (exact) mass is 628 g/mol. The molecule has 0 heterocycles. The third-order valence-electron chi connectivity index (χ3n) is 6.07. The molecule has 0 spiro atoms. The molecule has 0 fully saturated rings. The summed E-state index contributed by atoms with van der Waals surface area (Å²) in [6.45, 7) is 14.8. The van der Waals surface area contributed by atoms with Gasteiger partial charge in [0.15, 0.2) is 0 Å². The van der Waals surface area contributed by atoms with Crippen molar-refractivity contribution in [2.75, 3.05) is 52.9 Å². The molecule has 0 aliphatic rings. The molecule has 0 aromatic heterocycles. The SMILES string of the molecule is C=C(C)C(=O)OCCOCCOC(=O)Oc1ccc(C(C)(C)c2ccc(OC(=O)OCCOCCOC(=O)C(=C)C)cc2)cc1. The molecule has 0 atom stereocenters. The molecular weight excluding hydrogens is 588 g/mol. The van der Waals surface area contributed by atoms with E-state index in [9.17, 15) is 19.2 Å². The van der Waals surface area contributed by atoms with Gasteiger partial charge < -0.3 is 37.9 Å². The Balaban J connectivity index is 1.71. The number of carbonyl (C=O) groups excluding carboxylic acids is 4. The molecule has 2 rings (SSSR count). The van der Waals surface area contributed by atoms with Gasteiger partial charge in [0.25, 0.3) is 0 Å². The molecule has 0 bridgehead atoms. The molecule has 0 saturated heterocycles. The Kier molecular flexibility index (Phi) is 15.3. The third kappa shape index (κ3) is 13.7. The number of hydrogen-bond acceptors (Lipinski definition) is 12. The molecule has 0 N–H and O–H groups in total. The minimum Gasteiger partial charge on any atom is -0.460 e. The fraction of sp³-hybridized carbons (Fsp3) is 0.394. The van der Waals surface area contributed by atoms with Gasteiger partial charge in [-0.25, -0.2) is 19.2 Å². The molecule has 12 nitrogen and oxygen atoms in total. The Morgan fingerprint density at radius 2 is 0.844 bits per heavy atom. The summed E-state index contributed by atoms with van der Waals surface area (Å²) in [5.41, 5.74) is 2.08. The zero-order valence-corrected chi connectivity index (χ0v) is 26.1. The van der Waals surface area contributed by atoms with Crippen molar-refractivity contribution in [2.24, 2.45) is 0 Å². The van der Waals surface area contributed by atoms with Crippen molar-refractivity contribution < 1.29 is 57.1 Å². The van der Waals surface area contributed by atoms with Gasteiger partial charge in [-0.15, -0.1) is 0 Å². The summed E-state index contributed by atoms with van der Waals surface area (Å²) in [6, 6.07) is 14.0. The maximum absolute atomic E-state index is 12.0. The zero-order valence-electron chi connectivity index (χ0n) is 26.1. The van der Waals surface area contributed by atoms with E-state index in [0.29, 0.717) is 22.6 Å². The zero-order chi connectivity index (χ0) is 33.2. The van der Waals surface area contributed by atoms with Gasteiger partial charge in [-0.2, -0.15) is 0 Å². The van der Waals surface area contributed by atoms with Crippen molar-refractivity contribution in [3.8, 4) is 11.5 Å². The van der Waals surface area contributed by atoms with Crippen molar-refractivity contribution >= 4 is 24.2 Å². The van der Waals surface area contributed by atoms with Crippen LogP contribution in [0.15, 0.2) is 72.8 Å². The Morgan fingerprint density at radius 3 is 1.16 bits per heavy atom. The largest absolute Gasteiger partial charge is 0.513 e. The normalized spacial score (nSPS) is 10.8. The van der Waals surface area contributed by atoms with Gasteiger partial charge in [0.2, 0.25) is 0 Å². The lowest BCUT2D eigenvalue weighted by Gasteiger charge is -2.26. The third-order valence-corrected chi connectivity index (χ3v) is 6.07. The smallest absolute Gasteiger partial charge is 0.460 e. The van der Waals surface area contributed by atoms with E-state index in [2.05, 4.69) is 13.2 Å². The summed E-state index contributed by atoms with van der Waals surface area (Å²) < 4.78 is 40.7. The standard InChI is InChI=1S/C33H40O12/c1-23(2)29(34)40-19-15-38-17-21-42-31(36)44-27-11-7-25(8-12-27)33(5,6)26-9-13-28(14-10-26)45-32(37)43-22-18-39-16-20-41-30(35)24(3)4/h7-14H,1,3,15-22H2,2,4-6H3. The van der Waals surface area contributed by atoms with Crippen LogP contribution in [-0.4, -0.2) is 77.1 Å². The van der Waals surface area contributed by atoms with Crippen LogP contribution in [0.25, 0.3) is 0 Å². The van der Waals surface area contributed by atoms with Gasteiger partial charge in [0.1, 0.15) is 37.9 Å². The van der Waals surface area contributed by atoms with Crippen LogP contribution in [0.2, 0.25) is 0 Å². The minimum atomic E-state index is -0.873. The van der Waals surface area contributed by atoms with Crippen molar-refractivity contribution in [1.29, 1.82) is 0 Å². The maximum Gasteiger partial charge on any atom is 0.513 e. The summed E-state index contributed by atoms with van der Waals surface area (Å²) in [5.74, 6) is -0.361. The highest BCUT2D eigenvalue weighted by Gasteiger charge is 2.23. The van der Waals surface area contributed by atoms with Crippen LogP contribution in [0.4, 0.5) is 9.59 Å². The summed E-state index contributed by atoms with van der Waals surface area (Å²) in [7, 11) is 0. The average molecular weight is 629 g/mol. The molecule has 0 amide bonds. The molecule has 2 aromatic rings. The van der Waals surface area contributed by atoms with Gasteiger partial charge in [0, 0.05) is 16.6 Å². The first-order valence-corrected chi connectivity index (χ1v) is 14.1. The van der Waals surface area contributed by atoms with Crippen molar-refractivity contribution in [1.82, 2.24) is 0 Å². The summed E-state index contributed by atoms with van der Waals surface area (Å²) in [4.78, 5) is 46.5. The average Bonchev–Trinajstić information content (AvgIpc) is 3.00. The molecule has 2 aromatic carbocycles. The lowest BCUT2D eigenvalue weighted by atomic mass is 9.78.